The number of hydrogen-bond donors (Lipinski definition) is 1. The summed E-state index contributed by atoms with van der Waals surface area (Å²) in [7, 11) is 0. The number of aromatic nitrogens is 2. The minimum Gasteiger partial charge on any atom is -0.494 e. The molecule has 192 valence electrons. The molecule has 0 amide bonds. The van der Waals surface area contributed by atoms with Crippen LogP contribution in [0, 0.1) is 0 Å². The topological polar surface area (TPSA) is 64.2 Å². The maximum atomic E-state index is 12.8. The maximum absolute atomic E-state index is 12.8. The van der Waals surface area contributed by atoms with E-state index in [1.54, 1.807) is 0 Å². The van der Waals surface area contributed by atoms with Gasteiger partial charge in [-0.2, -0.15) is 0 Å². The molecule has 0 saturated heterocycles. The second kappa shape index (κ2) is 19.9. The average Bonchev–Trinajstić information content (AvgIpc) is 2.80. The molecule has 0 fully saturated rings. The Morgan fingerprint density at radius 2 is 0.879 bits per heavy atom. The lowest BCUT2D eigenvalue weighted by Gasteiger charge is -2.12. The fourth-order valence-electron chi connectivity index (χ4n) is 4.53. The highest BCUT2D eigenvalue weighted by molar-refractivity contribution is 5.07. The van der Waals surface area contributed by atoms with Gasteiger partial charge in [0.1, 0.15) is 0 Å². The second-order valence-corrected chi connectivity index (χ2v) is 9.79. The van der Waals surface area contributed by atoms with Crippen LogP contribution < -0.4 is 11.2 Å². The van der Waals surface area contributed by atoms with Crippen molar-refractivity contribution in [2.24, 2.45) is 0 Å². The molecule has 0 spiro atoms. The molecule has 0 aliphatic rings. The smallest absolute Gasteiger partial charge is 0.333 e. The summed E-state index contributed by atoms with van der Waals surface area (Å²) in [5.74, 6) is -0.194. The highest BCUT2D eigenvalue weighted by atomic mass is 16.3. The molecule has 1 N–H and O–H groups in total. The molecule has 0 aliphatic heterocycles. The molecule has 1 heterocycles. The predicted octanol–water partition coefficient (Wildman–Crippen LogP) is 7.56. The van der Waals surface area contributed by atoms with Crippen LogP contribution in [-0.2, 0) is 13.1 Å². The monoisotopic (exact) mass is 464 g/mol. The van der Waals surface area contributed by atoms with Crippen molar-refractivity contribution in [3.05, 3.63) is 26.9 Å². The van der Waals surface area contributed by atoms with Gasteiger partial charge < -0.3 is 5.11 Å². The lowest BCUT2D eigenvalue weighted by Crippen LogP contribution is -2.39. The van der Waals surface area contributed by atoms with Crippen molar-refractivity contribution >= 4 is 0 Å². The van der Waals surface area contributed by atoms with Gasteiger partial charge in [0.2, 0.25) is 5.88 Å². The molecule has 1 aromatic rings. The Kier molecular flexibility index (Phi) is 17.8. The van der Waals surface area contributed by atoms with Crippen LogP contribution in [0.15, 0.2) is 15.7 Å². The van der Waals surface area contributed by atoms with Crippen molar-refractivity contribution < 1.29 is 5.11 Å². The van der Waals surface area contributed by atoms with E-state index in [1.807, 2.05) is 0 Å². The number of hydrogen-bond acceptors (Lipinski definition) is 3. The molecule has 0 aliphatic carbocycles. The third-order valence-corrected chi connectivity index (χ3v) is 6.73. The zero-order chi connectivity index (χ0) is 24.2. The van der Waals surface area contributed by atoms with E-state index in [9.17, 15) is 14.7 Å². The molecular weight excluding hydrogens is 412 g/mol. The average molecular weight is 465 g/mol. The molecule has 1 aromatic heterocycles. The van der Waals surface area contributed by atoms with Gasteiger partial charge in [-0.3, -0.25) is 13.9 Å². The van der Waals surface area contributed by atoms with Crippen molar-refractivity contribution in [2.45, 2.75) is 155 Å². The van der Waals surface area contributed by atoms with Crippen LogP contribution in [0.5, 0.6) is 5.88 Å². The first kappa shape index (κ1) is 29.5. The van der Waals surface area contributed by atoms with Crippen molar-refractivity contribution in [1.82, 2.24) is 9.13 Å². The second-order valence-electron chi connectivity index (χ2n) is 9.79. The van der Waals surface area contributed by atoms with E-state index in [2.05, 4.69) is 13.8 Å². The molecule has 0 aromatic carbocycles. The van der Waals surface area contributed by atoms with Crippen LogP contribution in [-0.4, -0.2) is 14.2 Å². The van der Waals surface area contributed by atoms with E-state index < -0.39 is 0 Å². The Balaban J connectivity index is 2.27. The summed E-state index contributed by atoms with van der Waals surface area (Å²) in [4.78, 5) is 25.0. The van der Waals surface area contributed by atoms with Gasteiger partial charge in [0.25, 0.3) is 5.56 Å². The van der Waals surface area contributed by atoms with Crippen molar-refractivity contribution in [3.63, 3.8) is 0 Å². The van der Waals surface area contributed by atoms with Crippen LogP contribution in [0.25, 0.3) is 0 Å². The summed E-state index contributed by atoms with van der Waals surface area (Å²) in [5, 5.41) is 10.1. The summed E-state index contributed by atoms with van der Waals surface area (Å²) in [6.07, 6.45) is 24.5. The largest absolute Gasteiger partial charge is 0.494 e. The lowest BCUT2D eigenvalue weighted by molar-refractivity contribution is 0.378. The number of aromatic hydroxyl groups is 1. The summed E-state index contributed by atoms with van der Waals surface area (Å²) in [6, 6.07) is 1.20. The van der Waals surface area contributed by atoms with Crippen molar-refractivity contribution in [1.29, 1.82) is 0 Å². The zero-order valence-electron chi connectivity index (χ0n) is 21.8. The Hall–Kier alpha value is -1.52. The van der Waals surface area contributed by atoms with Gasteiger partial charge in [-0.05, 0) is 12.8 Å². The Morgan fingerprint density at radius 3 is 1.27 bits per heavy atom. The minimum atomic E-state index is -0.382. The summed E-state index contributed by atoms with van der Waals surface area (Å²) in [6.45, 7) is 5.42. The summed E-state index contributed by atoms with van der Waals surface area (Å²) < 4.78 is 2.68. The van der Waals surface area contributed by atoms with E-state index >= 15 is 0 Å². The first-order valence-electron chi connectivity index (χ1n) is 14.2. The van der Waals surface area contributed by atoms with Gasteiger partial charge in [-0.1, -0.05) is 129 Å². The normalized spacial score (nSPS) is 11.3. The Labute approximate surface area is 202 Å². The summed E-state index contributed by atoms with van der Waals surface area (Å²) in [5.41, 5.74) is -0.736. The molecule has 0 atom stereocenters. The maximum Gasteiger partial charge on any atom is 0.333 e. The van der Waals surface area contributed by atoms with Crippen LogP contribution in [0.1, 0.15) is 142 Å². The van der Waals surface area contributed by atoms with E-state index in [0.29, 0.717) is 13.1 Å². The van der Waals surface area contributed by atoms with Gasteiger partial charge in [0.05, 0.1) is 6.07 Å². The van der Waals surface area contributed by atoms with Crippen molar-refractivity contribution in [3.8, 4) is 5.88 Å². The highest BCUT2D eigenvalue weighted by Crippen LogP contribution is 2.13. The van der Waals surface area contributed by atoms with Crippen LogP contribution in [0.4, 0.5) is 0 Å². The number of unbranched alkanes of at least 4 members (excludes halogenated alkanes) is 18. The third-order valence-electron chi connectivity index (χ3n) is 6.73. The van der Waals surface area contributed by atoms with Crippen molar-refractivity contribution in [2.75, 3.05) is 0 Å². The van der Waals surface area contributed by atoms with Gasteiger partial charge in [-0.15, -0.1) is 0 Å². The molecule has 0 radical (unpaired) electrons. The SMILES string of the molecule is CCCCCCCCCCCCn1c(O)cc(=O)n(CCCCCCCCCCCC)c1=O. The molecule has 0 bridgehead atoms. The van der Waals surface area contributed by atoms with Gasteiger partial charge >= 0.3 is 5.69 Å². The molecule has 33 heavy (non-hydrogen) atoms. The number of rotatable bonds is 22. The standard InChI is InChI=1S/C28H52N2O3/c1-3-5-7-9-11-13-15-17-19-21-23-29-26(31)25-27(32)30(28(29)33)24-22-20-18-16-14-12-10-8-6-4-2/h25,31H,3-24H2,1-2H3. The van der Waals surface area contributed by atoms with Gasteiger partial charge in [0.15, 0.2) is 0 Å². The lowest BCUT2D eigenvalue weighted by atomic mass is 10.1. The third kappa shape index (κ3) is 13.7. The van der Waals surface area contributed by atoms with E-state index in [0.717, 1.165) is 32.1 Å². The molecule has 0 unspecified atom stereocenters. The van der Waals surface area contributed by atoms with Gasteiger partial charge in [0, 0.05) is 13.1 Å². The highest BCUT2D eigenvalue weighted by Gasteiger charge is 2.10. The van der Waals surface area contributed by atoms with Crippen LogP contribution in [0.2, 0.25) is 0 Å². The molecule has 5 nitrogen and oxygen atoms in total. The zero-order valence-corrected chi connectivity index (χ0v) is 21.8. The Morgan fingerprint density at radius 1 is 0.545 bits per heavy atom. The number of nitrogens with zero attached hydrogens (tertiary/aromatic N) is 2. The fraction of sp³-hybridized carbons (Fsp3) is 0.857. The van der Waals surface area contributed by atoms with Gasteiger partial charge in [-0.25, -0.2) is 4.79 Å². The predicted molar refractivity (Wildman–Crippen MR) is 140 cm³/mol. The van der Waals surface area contributed by atoms with Crippen LogP contribution >= 0.6 is 0 Å². The van der Waals surface area contributed by atoms with Crippen LogP contribution in [0.3, 0.4) is 0 Å². The quantitative estimate of drug-likeness (QED) is 0.180. The molecule has 1 rings (SSSR count). The molecular formula is C28H52N2O3. The van der Waals surface area contributed by atoms with E-state index in [4.69, 9.17) is 0 Å². The minimum absolute atomic E-state index is 0.194. The fourth-order valence-corrected chi connectivity index (χ4v) is 4.53. The van der Waals surface area contributed by atoms with E-state index in [-0.39, 0.29) is 17.1 Å². The molecule has 0 saturated carbocycles. The van der Waals surface area contributed by atoms with E-state index in [1.165, 1.54) is 112 Å². The summed E-state index contributed by atoms with van der Waals surface area (Å²) >= 11 is 0. The first-order chi connectivity index (χ1) is 16.1. The molecule has 5 heteroatoms. The Bertz CT molecular complexity index is 708. The first-order valence-corrected chi connectivity index (χ1v) is 14.2.